The molecule has 1 aliphatic rings. The molecule has 1 fully saturated rings. The van der Waals surface area contributed by atoms with E-state index < -0.39 is 0 Å². The van der Waals surface area contributed by atoms with Crippen molar-refractivity contribution in [2.45, 2.75) is 19.5 Å². The van der Waals surface area contributed by atoms with Gasteiger partial charge in [-0.15, -0.1) is 11.3 Å². The van der Waals surface area contributed by atoms with Crippen molar-refractivity contribution >= 4 is 11.3 Å². The first-order valence-corrected chi connectivity index (χ1v) is 8.75. The summed E-state index contributed by atoms with van der Waals surface area (Å²) in [6, 6.07) is 9.22. The Morgan fingerprint density at radius 3 is 2.73 bits per heavy atom. The second-order valence-electron chi connectivity index (χ2n) is 5.85. The highest BCUT2D eigenvalue weighted by atomic mass is 32.1. The van der Waals surface area contributed by atoms with Crippen LogP contribution in [0.4, 0.5) is 0 Å². The van der Waals surface area contributed by atoms with Crippen LogP contribution < -0.4 is 5.32 Å². The van der Waals surface area contributed by atoms with Crippen molar-refractivity contribution < 1.29 is 4.74 Å². The van der Waals surface area contributed by atoms with E-state index in [1.165, 1.54) is 15.4 Å². The van der Waals surface area contributed by atoms with Gasteiger partial charge in [-0.3, -0.25) is 4.90 Å². The van der Waals surface area contributed by atoms with Crippen molar-refractivity contribution in [2.75, 3.05) is 32.8 Å². The Morgan fingerprint density at radius 2 is 2.09 bits per heavy atom. The Morgan fingerprint density at radius 1 is 1.27 bits per heavy atom. The molecule has 3 heterocycles. The van der Waals surface area contributed by atoms with Crippen LogP contribution in [0.25, 0.3) is 0 Å². The molecule has 22 heavy (non-hydrogen) atoms. The maximum atomic E-state index is 5.51. The fourth-order valence-corrected chi connectivity index (χ4v) is 3.96. The fourth-order valence-electron chi connectivity index (χ4n) is 2.95. The van der Waals surface area contributed by atoms with Gasteiger partial charge in [0.05, 0.1) is 19.3 Å². The van der Waals surface area contributed by atoms with Crippen LogP contribution in [0.15, 0.2) is 30.5 Å². The van der Waals surface area contributed by atoms with E-state index in [-0.39, 0.29) is 0 Å². The first kappa shape index (κ1) is 15.7. The molecule has 0 saturated carbocycles. The molecule has 1 aliphatic heterocycles. The van der Waals surface area contributed by atoms with E-state index in [2.05, 4.69) is 59.2 Å². The van der Waals surface area contributed by atoms with Crippen molar-refractivity contribution in [3.05, 3.63) is 45.9 Å². The number of thiophene rings is 1. The Labute approximate surface area is 136 Å². The normalized spacial score (nSPS) is 17.7. The zero-order valence-electron chi connectivity index (χ0n) is 13.4. The lowest BCUT2D eigenvalue weighted by Crippen LogP contribution is -2.42. The quantitative estimate of drug-likeness (QED) is 0.887. The van der Waals surface area contributed by atoms with Crippen LogP contribution in [0.2, 0.25) is 0 Å². The largest absolute Gasteiger partial charge is 0.379 e. The molecule has 0 bridgehead atoms. The molecule has 5 heteroatoms. The van der Waals surface area contributed by atoms with Gasteiger partial charge in [0.1, 0.15) is 0 Å². The number of hydrogen-bond donors (Lipinski definition) is 1. The molecule has 1 saturated heterocycles. The maximum Gasteiger partial charge on any atom is 0.0594 e. The zero-order valence-corrected chi connectivity index (χ0v) is 14.2. The molecular weight excluding hydrogens is 294 g/mol. The third-order valence-electron chi connectivity index (χ3n) is 4.27. The molecule has 4 nitrogen and oxygen atoms in total. The van der Waals surface area contributed by atoms with Crippen molar-refractivity contribution in [3.8, 4) is 0 Å². The topological polar surface area (TPSA) is 29.4 Å². The third-order valence-corrected chi connectivity index (χ3v) is 5.37. The first-order valence-electron chi connectivity index (χ1n) is 7.93. The minimum atomic E-state index is 0.447. The van der Waals surface area contributed by atoms with Crippen LogP contribution >= 0.6 is 11.3 Å². The SMILES string of the molecule is Cc1ccc(C(CNCc2cccn2C)N2CCOCC2)s1. The van der Waals surface area contributed by atoms with Gasteiger partial charge >= 0.3 is 0 Å². The number of hydrogen-bond acceptors (Lipinski definition) is 4. The van der Waals surface area contributed by atoms with Gasteiger partial charge in [0, 0.05) is 54.9 Å². The summed E-state index contributed by atoms with van der Waals surface area (Å²) >= 11 is 1.91. The maximum absolute atomic E-state index is 5.51. The summed E-state index contributed by atoms with van der Waals surface area (Å²) in [6.07, 6.45) is 2.10. The summed E-state index contributed by atoms with van der Waals surface area (Å²) in [5.74, 6) is 0. The molecule has 1 N–H and O–H groups in total. The van der Waals surface area contributed by atoms with Gasteiger partial charge in [-0.2, -0.15) is 0 Å². The van der Waals surface area contributed by atoms with E-state index in [4.69, 9.17) is 4.74 Å². The van der Waals surface area contributed by atoms with E-state index in [9.17, 15) is 0 Å². The first-order chi connectivity index (χ1) is 10.7. The van der Waals surface area contributed by atoms with Crippen molar-refractivity contribution in [1.82, 2.24) is 14.8 Å². The minimum Gasteiger partial charge on any atom is -0.379 e. The Balaban J connectivity index is 1.64. The van der Waals surface area contributed by atoms with Gasteiger partial charge in [-0.1, -0.05) is 0 Å². The molecule has 120 valence electrons. The molecule has 0 radical (unpaired) electrons. The summed E-state index contributed by atoms with van der Waals surface area (Å²) in [7, 11) is 2.10. The predicted molar refractivity (Wildman–Crippen MR) is 91.3 cm³/mol. The molecular formula is C17H25N3OS. The van der Waals surface area contributed by atoms with Crippen LogP contribution in [0, 0.1) is 6.92 Å². The molecule has 1 atom stereocenters. The van der Waals surface area contributed by atoms with Crippen LogP contribution in [0.5, 0.6) is 0 Å². The zero-order chi connectivity index (χ0) is 15.4. The Kier molecular flexibility index (Phi) is 5.31. The lowest BCUT2D eigenvalue weighted by Gasteiger charge is -2.34. The summed E-state index contributed by atoms with van der Waals surface area (Å²) in [5.41, 5.74) is 1.32. The summed E-state index contributed by atoms with van der Waals surface area (Å²) in [6.45, 7) is 7.81. The number of aromatic nitrogens is 1. The highest BCUT2D eigenvalue weighted by molar-refractivity contribution is 7.12. The summed E-state index contributed by atoms with van der Waals surface area (Å²) in [5, 5.41) is 3.64. The van der Waals surface area contributed by atoms with Crippen LogP contribution in [-0.2, 0) is 18.3 Å². The van der Waals surface area contributed by atoms with Crippen LogP contribution in [0.1, 0.15) is 21.5 Å². The van der Waals surface area contributed by atoms with Gasteiger partial charge in [0.15, 0.2) is 0 Å². The molecule has 0 amide bonds. The second-order valence-corrected chi connectivity index (χ2v) is 7.17. The Bertz CT molecular complexity index is 586. The van der Waals surface area contributed by atoms with Crippen LogP contribution in [-0.4, -0.2) is 42.3 Å². The number of rotatable bonds is 6. The van der Waals surface area contributed by atoms with E-state index in [1.807, 2.05) is 11.3 Å². The van der Waals surface area contributed by atoms with E-state index in [0.717, 1.165) is 39.4 Å². The Hall–Kier alpha value is -1.14. The second kappa shape index (κ2) is 7.42. The van der Waals surface area contributed by atoms with E-state index >= 15 is 0 Å². The van der Waals surface area contributed by atoms with Crippen molar-refractivity contribution in [1.29, 1.82) is 0 Å². The summed E-state index contributed by atoms with van der Waals surface area (Å²) < 4.78 is 7.68. The van der Waals surface area contributed by atoms with E-state index in [0.29, 0.717) is 6.04 Å². The number of aryl methyl sites for hydroxylation is 2. The monoisotopic (exact) mass is 319 g/mol. The van der Waals surface area contributed by atoms with E-state index in [1.54, 1.807) is 0 Å². The van der Waals surface area contributed by atoms with Crippen molar-refractivity contribution in [2.24, 2.45) is 7.05 Å². The summed E-state index contributed by atoms with van der Waals surface area (Å²) in [4.78, 5) is 5.39. The minimum absolute atomic E-state index is 0.447. The van der Waals surface area contributed by atoms with Gasteiger partial charge in [0.25, 0.3) is 0 Å². The third kappa shape index (κ3) is 3.79. The van der Waals surface area contributed by atoms with Crippen LogP contribution in [0.3, 0.4) is 0 Å². The molecule has 0 aliphatic carbocycles. The smallest absolute Gasteiger partial charge is 0.0594 e. The fraction of sp³-hybridized carbons (Fsp3) is 0.529. The van der Waals surface area contributed by atoms with Gasteiger partial charge in [-0.25, -0.2) is 0 Å². The molecule has 3 rings (SSSR count). The number of morpholine rings is 1. The van der Waals surface area contributed by atoms with Crippen molar-refractivity contribution in [3.63, 3.8) is 0 Å². The van der Waals surface area contributed by atoms with Gasteiger partial charge in [0.2, 0.25) is 0 Å². The lowest BCUT2D eigenvalue weighted by atomic mass is 10.2. The number of nitrogens with one attached hydrogen (secondary N) is 1. The number of nitrogens with zero attached hydrogens (tertiary/aromatic N) is 2. The highest BCUT2D eigenvalue weighted by Crippen LogP contribution is 2.27. The molecule has 0 spiro atoms. The average Bonchev–Trinajstić information content (AvgIpc) is 3.13. The molecule has 1 unspecified atom stereocenters. The molecule has 2 aromatic rings. The average molecular weight is 319 g/mol. The van der Waals surface area contributed by atoms with Gasteiger partial charge < -0.3 is 14.6 Å². The lowest BCUT2D eigenvalue weighted by molar-refractivity contribution is 0.0168. The standard InChI is InChI=1S/C17H25N3OS/c1-14-5-6-17(22-14)16(20-8-10-21-11-9-20)13-18-12-15-4-3-7-19(15)2/h3-7,16,18H,8-13H2,1-2H3. The predicted octanol–water partition coefficient (Wildman–Crippen LogP) is 2.56. The number of ether oxygens (including phenoxy) is 1. The van der Waals surface area contributed by atoms with Gasteiger partial charge in [-0.05, 0) is 31.2 Å². The molecule has 2 aromatic heterocycles. The highest BCUT2D eigenvalue weighted by Gasteiger charge is 2.23. The molecule has 0 aromatic carbocycles.